The molecule has 162 valence electrons. The molecule has 4 heteroatoms. The fourth-order valence-corrected chi connectivity index (χ4v) is 4.19. The van der Waals surface area contributed by atoms with Crippen molar-refractivity contribution in [3.63, 3.8) is 0 Å². The molecule has 0 aromatic heterocycles. The van der Waals surface area contributed by atoms with E-state index in [1.165, 1.54) is 11.1 Å². The van der Waals surface area contributed by atoms with Crippen molar-refractivity contribution < 1.29 is 9.47 Å². The van der Waals surface area contributed by atoms with E-state index in [2.05, 4.69) is 70.9 Å². The van der Waals surface area contributed by atoms with E-state index < -0.39 is 0 Å². The van der Waals surface area contributed by atoms with E-state index in [4.69, 9.17) is 9.47 Å². The zero-order chi connectivity index (χ0) is 21.3. The molecule has 0 amide bonds. The van der Waals surface area contributed by atoms with Crippen LogP contribution in [0.15, 0.2) is 78.9 Å². The van der Waals surface area contributed by atoms with E-state index in [9.17, 15) is 0 Å². The first-order chi connectivity index (χ1) is 15.3. The monoisotopic (exact) mass is 416 g/mol. The van der Waals surface area contributed by atoms with Crippen LogP contribution in [0.3, 0.4) is 0 Å². The molecule has 0 spiro atoms. The van der Waals surface area contributed by atoms with Gasteiger partial charge in [-0.1, -0.05) is 66.7 Å². The third kappa shape index (κ3) is 5.66. The quantitative estimate of drug-likeness (QED) is 0.557. The fourth-order valence-electron chi connectivity index (χ4n) is 4.19. The predicted molar refractivity (Wildman–Crippen MR) is 126 cm³/mol. The van der Waals surface area contributed by atoms with Gasteiger partial charge in [0.25, 0.3) is 0 Å². The number of hydrogen-bond acceptors (Lipinski definition) is 4. The summed E-state index contributed by atoms with van der Waals surface area (Å²) in [6.07, 6.45) is 1.15. The molecule has 0 bridgehead atoms. The van der Waals surface area contributed by atoms with E-state index in [1.54, 1.807) is 0 Å². The summed E-state index contributed by atoms with van der Waals surface area (Å²) in [6.45, 7) is 7.34. The molecule has 1 saturated heterocycles. The maximum atomic E-state index is 6.13. The molecule has 4 rings (SSSR count). The Balaban J connectivity index is 1.63. The van der Waals surface area contributed by atoms with Gasteiger partial charge in [-0.25, -0.2) is 0 Å². The van der Waals surface area contributed by atoms with Gasteiger partial charge in [-0.3, -0.25) is 4.90 Å². The molecular formula is C27H32N2O2. The number of benzene rings is 3. The van der Waals surface area contributed by atoms with Crippen LogP contribution in [0.4, 0.5) is 0 Å². The van der Waals surface area contributed by atoms with Crippen LogP contribution in [0.5, 0.6) is 11.5 Å². The summed E-state index contributed by atoms with van der Waals surface area (Å²) in [4.78, 5) is 2.57. The van der Waals surface area contributed by atoms with Crippen LogP contribution in [-0.2, 0) is 6.61 Å². The van der Waals surface area contributed by atoms with Gasteiger partial charge in [0.1, 0.15) is 6.61 Å². The normalized spacial score (nSPS) is 15.8. The van der Waals surface area contributed by atoms with Gasteiger partial charge in [0, 0.05) is 19.6 Å². The molecule has 31 heavy (non-hydrogen) atoms. The Hall–Kier alpha value is -2.82. The first kappa shape index (κ1) is 21.4. The van der Waals surface area contributed by atoms with E-state index in [1.807, 2.05) is 25.1 Å². The van der Waals surface area contributed by atoms with E-state index in [-0.39, 0.29) is 6.04 Å². The Morgan fingerprint density at radius 1 is 0.806 bits per heavy atom. The first-order valence-corrected chi connectivity index (χ1v) is 11.3. The van der Waals surface area contributed by atoms with Crippen molar-refractivity contribution in [1.82, 2.24) is 10.2 Å². The summed E-state index contributed by atoms with van der Waals surface area (Å²) in [6, 6.07) is 27.6. The molecule has 0 aliphatic carbocycles. The minimum Gasteiger partial charge on any atom is -0.490 e. The third-order valence-electron chi connectivity index (χ3n) is 5.68. The standard InChI is InChI=1S/C27H32N2O2/c1-2-30-26-20-24(14-15-25(26)31-21-22-10-5-3-6-11-22)27(23-12-7-4-8-13-23)29-18-9-16-28-17-19-29/h3-8,10-15,20,27-28H,2,9,16-19,21H2,1H3. The van der Waals surface area contributed by atoms with Crippen molar-refractivity contribution in [2.75, 3.05) is 32.8 Å². The molecule has 0 saturated carbocycles. The zero-order valence-electron chi connectivity index (χ0n) is 18.3. The lowest BCUT2D eigenvalue weighted by atomic mass is 9.96. The molecule has 4 nitrogen and oxygen atoms in total. The number of rotatable bonds is 8. The van der Waals surface area contributed by atoms with Crippen molar-refractivity contribution >= 4 is 0 Å². The fraction of sp³-hybridized carbons (Fsp3) is 0.333. The molecule has 0 radical (unpaired) electrons. The summed E-state index contributed by atoms with van der Waals surface area (Å²) in [5.74, 6) is 1.60. The highest BCUT2D eigenvalue weighted by atomic mass is 16.5. The average Bonchev–Trinajstić information content (AvgIpc) is 3.10. The molecule has 1 aliphatic heterocycles. The second kappa shape index (κ2) is 11.0. The van der Waals surface area contributed by atoms with Crippen LogP contribution < -0.4 is 14.8 Å². The van der Waals surface area contributed by atoms with Gasteiger partial charge in [-0.15, -0.1) is 0 Å². The maximum absolute atomic E-state index is 6.13. The highest BCUT2D eigenvalue weighted by molar-refractivity contribution is 5.46. The Labute approximate surface area is 185 Å². The molecule has 1 fully saturated rings. The largest absolute Gasteiger partial charge is 0.490 e. The zero-order valence-corrected chi connectivity index (χ0v) is 18.3. The van der Waals surface area contributed by atoms with Crippen molar-refractivity contribution in [1.29, 1.82) is 0 Å². The van der Waals surface area contributed by atoms with Gasteiger partial charge in [0.05, 0.1) is 12.6 Å². The molecule has 1 aliphatic rings. The van der Waals surface area contributed by atoms with E-state index in [0.29, 0.717) is 13.2 Å². The molecule has 1 atom stereocenters. The lowest BCUT2D eigenvalue weighted by molar-refractivity contribution is 0.238. The summed E-state index contributed by atoms with van der Waals surface area (Å²) < 4.78 is 12.1. The lowest BCUT2D eigenvalue weighted by Crippen LogP contribution is -2.33. The number of ether oxygens (including phenoxy) is 2. The molecule has 1 N–H and O–H groups in total. The topological polar surface area (TPSA) is 33.7 Å². The smallest absolute Gasteiger partial charge is 0.161 e. The van der Waals surface area contributed by atoms with Gasteiger partial charge < -0.3 is 14.8 Å². The minimum atomic E-state index is 0.198. The van der Waals surface area contributed by atoms with Gasteiger partial charge in [-0.05, 0) is 48.7 Å². The Morgan fingerprint density at radius 3 is 2.35 bits per heavy atom. The molecular weight excluding hydrogens is 384 g/mol. The molecule has 1 unspecified atom stereocenters. The van der Waals surface area contributed by atoms with Crippen molar-refractivity contribution in [2.45, 2.75) is 26.0 Å². The van der Waals surface area contributed by atoms with E-state index >= 15 is 0 Å². The van der Waals surface area contributed by atoms with Gasteiger partial charge >= 0.3 is 0 Å². The highest BCUT2D eigenvalue weighted by Gasteiger charge is 2.24. The average molecular weight is 417 g/mol. The second-order valence-electron chi connectivity index (χ2n) is 7.87. The first-order valence-electron chi connectivity index (χ1n) is 11.3. The van der Waals surface area contributed by atoms with Crippen LogP contribution in [0, 0.1) is 0 Å². The maximum Gasteiger partial charge on any atom is 0.161 e. The van der Waals surface area contributed by atoms with Crippen molar-refractivity contribution in [3.05, 3.63) is 95.6 Å². The molecule has 3 aromatic carbocycles. The summed E-state index contributed by atoms with van der Waals surface area (Å²) >= 11 is 0. The van der Waals surface area contributed by atoms with Crippen molar-refractivity contribution in [2.24, 2.45) is 0 Å². The highest BCUT2D eigenvalue weighted by Crippen LogP contribution is 2.36. The third-order valence-corrected chi connectivity index (χ3v) is 5.68. The SMILES string of the molecule is CCOc1cc(C(c2ccccc2)N2CCCNCC2)ccc1OCc1ccccc1. The molecule has 1 heterocycles. The van der Waals surface area contributed by atoms with Crippen LogP contribution in [0.1, 0.15) is 36.1 Å². The number of hydrogen-bond donors (Lipinski definition) is 1. The van der Waals surface area contributed by atoms with Gasteiger partial charge in [0.2, 0.25) is 0 Å². The van der Waals surface area contributed by atoms with Gasteiger partial charge in [-0.2, -0.15) is 0 Å². The summed E-state index contributed by atoms with van der Waals surface area (Å²) in [5, 5.41) is 3.52. The van der Waals surface area contributed by atoms with E-state index in [0.717, 1.165) is 49.7 Å². The van der Waals surface area contributed by atoms with Crippen LogP contribution >= 0.6 is 0 Å². The number of nitrogens with one attached hydrogen (secondary N) is 1. The Bertz CT molecular complexity index is 922. The van der Waals surface area contributed by atoms with Crippen LogP contribution in [-0.4, -0.2) is 37.7 Å². The number of nitrogens with zero attached hydrogens (tertiary/aromatic N) is 1. The molecule has 3 aromatic rings. The van der Waals surface area contributed by atoms with Crippen molar-refractivity contribution in [3.8, 4) is 11.5 Å². The second-order valence-corrected chi connectivity index (χ2v) is 7.87. The predicted octanol–water partition coefficient (Wildman–Crippen LogP) is 5.05. The lowest BCUT2D eigenvalue weighted by Gasteiger charge is -2.31. The Morgan fingerprint density at radius 2 is 1.58 bits per heavy atom. The summed E-state index contributed by atoms with van der Waals surface area (Å²) in [7, 11) is 0. The summed E-state index contributed by atoms with van der Waals surface area (Å²) in [5.41, 5.74) is 3.70. The Kier molecular flexibility index (Phi) is 7.59. The van der Waals surface area contributed by atoms with Crippen LogP contribution in [0.2, 0.25) is 0 Å². The van der Waals surface area contributed by atoms with Gasteiger partial charge in [0.15, 0.2) is 11.5 Å². The minimum absolute atomic E-state index is 0.198. The van der Waals surface area contributed by atoms with Crippen LogP contribution in [0.25, 0.3) is 0 Å².